The van der Waals surface area contributed by atoms with E-state index in [-0.39, 0.29) is 10.8 Å². The molecule has 1 aromatic carbocycles. The van der Waals surface area contributed by atoms with Gasteiger partial charge in [0.25, 0.3) is 10.0 Å². The predicted molar refractivity (Wildman–Crippen MR) is 68.0 cm³/mol. The van der Waals surface area contributed by atoms with Gasteiger partial charge in [-0.1, -0.05) is 0 Å². The third kappa shape index (κ3) is 4.17. The maximum absolute atomic E-state index is 11.7. The number of anilines is 1. The summed E-state index contributed by atoms with van der Waals surface area (Å²) >= 11 is 0. The van der Waals surface area contributed by atoms with Crippen LogP contribution in [0, 0.1) is 0 Å². The predicted octanol–water partition coefficient (Wildman–Crippen LogP) is 1.40. The van der Waals surface area contributed by atoms with Gasteiger partial charge in [0.2, 0.25) is 5.91 Å². The van der Waals surface area contributed by atoms with Gasteiger partial charge in [-0.05, 0) is 31.2 Å². The molecule has 0 unspecified atom stereocenters. The second-order valence-electron chi connectivity index (χ2n) is 3.35. The van der Waals surface area contributed by atoms with Crippen molar-refractivity contribution >= 4 is 28.0 Å². The average molecular weight is 270 g/mol. The highest BCUT2D eigenvalue weighted by molar-refractivity contribution is 7.90. The lowest BCUT2D eigenvalue weighted by Gasteiger charge is -2.03. The van der Waals surface area contributed by atoms with E-state index in [1.54, 1.807) is 6.92 Å². The van der Waals surface area contributed by atoms with E-state index >= 15 is 0 Å². The van der Waals surface area contributed by atoms with E-state index in [0.717, 1.165) is 6.40 Å². The number of sulfonamides is 1. The number of hydrogen-bond donors (Lipinski definition) is 1. The first kappa shape index (κ1) is 14.2. The molecule has 18 heavy (non-hydrogen) atoms. The lowest BCUT2D eigenvalue weighted by atomic mass is 10.3. The Bertz CT molecular complexity index is 535. The van der Waals surface area contributed by atoms with Crippen molar-refractivity contribution in [2.24, 2.45) is 4.40 Å². The van der Waals surface area contributed by atoms with Crippen LogP contribution >= 0.6 is 0 Å². The van der Waals surface area contributed by atoms with Crippen molar-refractivity contribution in [2.45, 2.75) is 18.7 Å². The quantitative estimate of drug-likeness (QED) is 0.647. The Morgan fingerprint density at radius 3 is 2.50 bits per heavy atom. The van der Waals surface area contributed by atoms with E-state index in [1.807, 2.05) is 0 Å². The highest BCUT2D eigenvalue weighted by Gasteiger charge is 2.11. The number of nitrogens with zero attached hydrogens (tertiary/aromatic N) is 1. The number of hydrogen-bond acceptors (Lipinski definition) is 4. The number of nitrogens with one attached hydrogen (secondary N) is 1. The molecule has 0 aliphatic carbocycles. The number of rotatable bonds is 5. The molecule has 0 aromatic heterocycles. The molecule has 0 aliphatic heterocycles. The molecular formula is C11H14N2O4S. The number of amides is 1. The van der Waals surface area contributed by atoms with Gasteiger partial charge in [-0.3, -0.25) is 4.79 Å². The molecule has 0 bridgehead atoms. The monoisotopic (exact) mass is 270 g/mol. The topological polar surface area (TPSA) is 84.8 Å². The van der Waals surface area contributed by atoms with E-state index in [4.69, 9.17) is 4.74 Å². The summed E-state index contributed by atoms with van der Waals surface area (Å²) in [6.07, 6.45) is 0.900. The van der Waals surface area contributed by atoms with Crippen LogP contribution in [-0.4, -0.2) is 27.3 Å². The van der Waals surface area contributed by atoms with Crippen molar-refractivity contribution < 1.29 is 17.9 Å². The second-order valence-corrected chi connectivity index (χ2v) is 4.98. The van der Waals surface area contributed by atoms with Crippen molar-refractivity contribution in [3.63, 3.8) is 0 Å². The molecule has 1 N–H and O–H groups in total. The molecule has 0 fully saturated rings. The minimum absolute atomic E-state index is 0.0348. The second kappa shape index (κ2) is 6.15. The van der Waals surface area contributed by atoms with Crippen LogP contribution < -0.4 is 5.32 Å². The summed E-state index contributed by atoms with van der Waals surface area (Å²) in [5.41, 5.74) is 0.523. The number of benzene rings is 1. The summed E-state index contributed by atoms with van der Waals surface area (Å²) in [7, 11) is -3.75. The van der Waals surface area contributed by atoms with Crippen LogP contribution in [0.1, 0.15) is 13.8 Å². The first-order chi connectivity index (χ1) is 8.45. The van der Waals surface area contributed by atoms with Gasteiger partial charge in [-0.25, -0.2) is 0 Å². The van der Waals surface area contributed by atoms with E-state index in [1.165, 1.54) is 31.2 Å². The molecule has 0 saturated carbocycles. The number of ether oxygens (including phenoxy) is 1. The van der Waals surface area contributed by atoms with Gasteiger partial charge in [0, 0.05) is 12.6 Å². The summed E-state index contributed by atoms with van der Waals surface area (Å²) in [6.45, 7) is 3.44. The van der Waals surface area contributed by atoms with Crippen molar-refractivity contribution in [1.29, 1.82) is 0 Å². The first-order valence-corrected chi connectivity index (χ1v) is 6.68. The van der Waals surface area contributed by atoms with Crippen LogP contribution in [0.25, 0.3) is 0 Å². The van der Waals surface area contributed by atoms with Crippen molar-refractivity contribution in [2.75, 3.05) is 11.9 Å². The van der Waals surface area contributed by atoms with Gasteiger partial charge in [0.15, 0.2) is 6.40 Å². The van der Waals surface area contributed by atoms with Gasteiger partial charge in [-0.2, -0.15) is 8.42 Å². The zero-order valence-electron chi connectivity index (χ0n) is 10.1. The minimum Gasteiger partial charge on any atom is -0.483 e. The largest absolute Gasteiger partial charge is 0.483 e. The SMILES string of the molecule is CCOC=NS(=O)(=O)c1ccc(NC(C)=O)cc1. The van der Waals surface area contributed by atoms with E-state index in [9.17, 15) is 13.2 Å². The fraction of sp³-hybridized carbons (Fsp3) is 0.273. The van der Waals surface area contributed by atoms with Gasteiger partial charge in [-0.15, -0.1) is 4.40 Å². The molecule has 98 valence electrons. The zero-order chi connectivity index (χ0) is 13.6. The van der Waals surface area contributed by atoms with E-state index < -0.39 is 10.0 Å². The van der Waals surface area contributed by atoms with Crippen molar-refractivity contribution in [3.8, 4) is 0 Å². The Morgan fingerprint density at radius 1 is 1.39 bits per heavy atom. The molecule has 1 aromatic rings. The maximum Gasteiger partial charge on any atom is 0.285 e. The van der Waals surface area contributed by atoms with Crippen LogP contribution in [0.2, 0.25) is 0 Å². The van der Waals surface area contributed by atoms with E-state index in [0.29, 0.717) is 12.3 Å². The molecule has 6 nitrogen and oxygen atoms in total. The fourth-order valence-electron chi connectivity index (χ4n) is 1.14. The normalized spacial score (nSPS) is 11.4. The third-order valence-electron chi connectivity index (χ3n) is 1.90. The third-order valence-corrected chi connectivity index (χ3v) is 3.13. The molecule has 0 radical (unpaired) electrons. The van der Waals surface area contributed by atoms with Crippen LogP contribution in [0.15, 0.2) is 33.6 Å². The Kier molecular flexibility index (Phi) is 4.85. The van der Waals surface area contributed by atoms with E-state index in [2.05, 4.69) is 9.71 Å². The number of carbonyl (C=O) groups is 1. The molecule has 7 heteroatoms. The first-order valence-electron chi connectivity index (χ1n) is 5.24. The molecule has 1 amide bonds. The summed E-state index contributed by atoms with van der Waals surface area (Å²) in [5.74, 6) is -0.222. The van der Waals surface area contributed by atoms with Crippen LogP contribution in [0.5, 0.6) is 0 Å². The average Bonchev–Trinajstić information content (AvgIpc) is 2.29. The zero-order valence-corrected chi connectivity index (χ0v) is 10.9. The number of carbonyl (C=O) groups excluding carboxylic acids is 1. The van der Waals surface area contributed by atoms with Crippen molar-refractivity contribution in [1.82, 2.24) is 0 Å². The minimum atomic E-state index is -3.75. The molecule has 0 atom stereocenters. The highest BCUT2D eigenvalue weighted by Crippen LogP contribution is 2.15. The Balaban J connectivity index is 2.87. The Hall–Kier alpha value is -1.89. The summed E-state index contributed by atoms with van der Waals surface area (Å²) in [4.78, 5) is 10.8. The molecule has 1 rings (SSSR count). The van der Waals surface area contributed by atoms with Gasteiger partial charge in [0.05, 0.1) is 11.5 Å². The summed E-state index contributed by atoms with van der Waals surface area (Å²) in [5, 5.41) is 2.54. The van der Waals surface area contributed by atoms with Crippen molar-refractivity contribution in [3.05, 3.63) is 24.3 Å². The highest BCUT2D eigenvalue weighted by atomic mass is 32.2. The van der Waals surface area contributed by atoms with Gasteiger partial charge >= 0.3 is 0 Å². The summed E-state index contributed by atoms with van der Waals surface area (Å²) < 4.78 is 31.4. The smallest absolute Gasteiger partial charge is 0.285 e. The molecule has 0 heterocycles. The molecule has 0 saturated heterocycles. The lowest BCUT2D eigenvalue weighted by molar-refractivity contribution is -0.114. The van der Waals surface area contributed by atoms with Crippen LogP contribution in [0.3, 0.4) is 0 Å². The summed E-state index contributed by atoms with van der Waals surface area (Å²) in [6, 6.07) is 5.71. The van der Waals surface area contributed by atoms with Crippen LogP contribution in [0.4, 0.5) is 5.69 Å². The fourth-order valence-corrected chi connectivity index (χ4v) is 1.91. The van der Waals surface area contributed by atoms with Gasteiger partial charge < -0.3 is 10.1 Å². The van der Waals surface area contributed by atoms with Gasteiger partial charge in [0.1, 0.15) is 0 Å². The Morgan fingerprint density at radius 2 is 2.00 bits per heavy atom. The lowest BCUT2D eigenvalue weighted by Crippen LogP contribution is -2.06. The molecule has 0 spiro atoms. The van der Waals surface area contributed by atoms with Crippen LogP contribution in [-0.2, 0) is 19.6 Å². The standard InChI is InChI=1S/C11H14N2O4S/c1-3-17-8-12-18(15,16)11-6-4-10(5-7-11)13-9(2)14/h4-8H,3H2,1-2H3,(H,13,14). The Labute approximate surface area is 106 Å². The maximum atomic E-state index is 11.7. The molecule has 0 aliphatic rings. The molecular weight excluding hydrogens is 256 g/mol.